The molecule has 1 aliphatic rings. The maximum Gasteiger partial charge on any atom is 0.408 e. The molecule has 3 nitrogen and oxygen atoms in total. The second-order valence-electron chi connectivity index (χ2n) is 5.14. The van der Waals surface area contributed by atoms with Crippen LogP contribution in [0.15, 0.2) is 0 Å². The zero-order valence-corrected chi connectivity index (χ0v) is 9.72. The molecule has 0 bridgehead atoms. The van der Waals surface area contributed by atoms with Gasteiger partial charge in [-0.05, 0) is 40.0 Å². The Kier molecular flexibility index (Phi) is 3.28. The van der Waals surface area contributed by atoms with Crippen molar-refractivity contribution in [2.24, 2.45) is 0 Å². The van der Waals surface area contributed by atoms with Crippen molar-refractivity contribution in [1.29, 1.82) is 0 Å². The fourth-order valence-corrected chi connectivity index (χ4v) is 1.67. The van der Waals surface area contributed by atoms with Gasteiger partial charge in [0.25, 0.3) is 0 Å². The summed E-state index contributed by atoms with van der Waals surface area (Å²) >= 11 is 0. The predicted molar refractivity (Wildman–Crippen MR) is 59.4 cm³/mol. The first-order valence-corrected chi connectivity index (χ1v) is 5.32. The highest BCUT2D eigenvalue weighted by Gasteiger charge is 2.38. The lowest BCUT2D eigenvalue weighted by atomic mass is 9.75. The molecule has 84 valence electrons. The third-order valence-electron chi connectivity index (χ3n) is 2.52. The lowest BCUT2D eigenvalue weighted by Gasteiger charge is -2.41. The van der Waals surface area contributed by atoms with Crippen LogP contribution >= 0.6 is 0 Å². The normalized spacial score (nSPS) is 18.5. The van der Waals surface area contributed by atoms with E-state index in [4.69, 9.17) is 11.2 Å². The zero-order valence-electron chi connectivity index (χ0n) is 9.72. The second-order valence-corrected chi connectivity index (χ2v) is 5.14. The first kappa shape index (κ1) is 11.9. The van der Waals surface area contributed by atoms with Crippen molar-refractivity contribution in [3.05, 3.63) is 0 Å². The van der Waals surface area contributed by atoms with Crippen LogP contribution in [0.1, 0.15) is 46.5 Å². The molecule has 0 unspecified atom stereocenters. The quantitative estimate of drug-likeness (QED) is 0.709. The van der Waals surface area contributed by atoms with Crippen LogP contribution in [0.4, 0.5) is 4.79 Å². The van der Waals surface area contributed by atoms with E-state index in [1.807, 2.05) is 20.8 Å². The molecule has 1 aliphatic carbocycles. The van der Waals surface area contributed by atoms with Crippen molar-refractivity contribution in [2.45, 2.75) is 57.6 Å². The molecule has 1 amide bonds. The fourth-order valence-electron chi connectivity index (χ4n) is 1.67. The monoisotopic (exact) mass is 209 g/mol. The Morgan fingerprint density at radius 3 is 2.47 bits per heavy atom. The van der Waals surface area contributed by atoms with Gasteiger partial charge in [0.15, 0.2) is 0 Å². The first-order chi connectivity index (χ1) is 6.87. The summed E-state index contributed by atoms with van der Waals surface area (Å²) in [5, 5.41) is 2.88. The molecule has 0 heterocycles. The van der Waals surface area contributed by atoms with Crippen molar-refractivity contribution < 1.29 is 9.53 Å². The lowest BCUT2D eigenvalue weighted by Crippen LogP contribution is -2.54. The van der Waals surface area contributed by atoms with Crippen LogP contribution in [0, 0.1) is 12.3 Å². The van der Waals surface area contributed by atoms with E-state index in [1.54, 1.807) is 0 Å². The average Bonchev–Trinajstić information content (AvgIpc) is 1.96. The molecule has 3 heteroatoms. The standard InChI is InChI=1S/C12H19NO2/c1-5-7-12(8-6-9-12)13-10(14)15-11(2,3)4/h1H,6-9H2,2-4H3,(H,13,14). The topological polar surface area (TPSA) is 38.3 Å². The number of hydrogen-bond donors (Lipinski definition) is 1. The van der Waals surface area contributed by atoms with Crippen LogP contribution < -0.4 is 5.32 Å². The number of carbonyl (C=O) groups excluding carboxylic acids is 1. The summed E-state index contributed by atoms with van der Waals surface area (Å²) in [7, 11) is 0. The lowest BCUT2D eigenvalue weighted by molar-refractivity contribution is 0.0389. The van der Waals surface area contributed by atoms with E-state index in [9.17, 15) is 4.79 Å². The summed E-state index contributed by atoms with van der Waals surface area (Å²) in [5.74, 6) is 2.61. The van der Waals surface area contributed by atoms with Crippen LogP contribution in [0.5, 0.6) is 0 Å². The van der Waals surface area contributed by atoms with Gasteiger partial charge in [0.05, 0.1) is 5.54 Å². The number of carbonyl (C=O) groups is 1. The highest BCUT2D eigenvalue weighted by atomic mass is 16.6. The van der Waals surface area contributed by atoms with E-state index in [0.717, 1.165) is 19.3 Å². The summed E-state index contributed by atoms with van der Waals surface area (Å²) in [6.45, 7) is 5.55. The minimum Gasteiger partial charge on any atom is -0.444 e. The van der Waals surface area contributed by atoms with Crippen LogP contribution in [0.25, 0.3) is 0 Å². The van der Waals surface area contributed by atoms with Crippen LogP contribution in [-0.4, -0.2) is 17.2 Å². The molecule has 0 radical (unpaired) electrons. The molecule has 0 aliphatic heterocycles. The van der Waals surface area contributed by atoms with Gasteiger partial charge in [0, 0.05) is 6.42 Å². The van der Waals surface area contributed by atoms with Crippen molar-refractivity contribution in [3.8, 4) is 12.3 Å². The Bertz CT molecular complexity index is 279. The van der Waals surface area contributed by atoms with Gasteiger partial charge in [0.1, 0.15) is 5.60 Å². The third-order valence-corrected chi connectivity index (χ3v) is 2.52. The van der Waals surface area contributed by atoms with E-state index in [-0.39, 0.29) is 11.6 Å². The van der Waals surface area contributed by atoms with Crippen molar-refractivity contribution in [2.75, 3.05) is 0 Å². The molecule has 1 fully saturated rings. The Labute approximate surface area is 91.6 Å². The average molecular weight is 209 g/mol. The van der Waals surface area contributed by atoms with Gasteiger partial charge >= 0.3 is 6.09 Å². The minimum atomic E-state index is -0.453. The summed E-state index contributed by atoms with van der Waals surface area (Å²) < 4.78 is 5.20. The van der Waals surface area contributed by atoms with Crippen LogP contribution in [0.3, 0.4) is 0 Å². The van der Waals surface area contributed by atoms with Gasteiger partial charge in [-0.15, -0.1) is 12.3 Å². The first-order valence-electron chi connectivity index (χ1n) is 5.32. The largest absolute Gasteiger partial charge is 0.444 e. The molecule has 0 spiro atoms. The van der Waals surface area contributed by atoms with Crippen LogP contribution in [0.2, 0.25) is 0 Å². The van der Waals surface area contributed by atoms with E-state index in [2.05, 4.69) is 11.2 Å². The molecule has 1 N–H and O–H groups in total. The molecular weight excluding hydrogens is 190 g/mol. The number of ether oxygens (including phenoxy) is 1. The van der Waals surface area contributed by atoms with Crippen molar-refractivity contribution in [3.63, 3.8) is 0 Å². The molecule has 1 saturated carbocycles. The Morgan fingerprint density at radius 1 is 1.53 bits per heavy atom. The molecule has 0 aromatic carbocycles. The molecule has 15 heavy (non-hydrogen) atoms. The van der Waals surface area contributed by atoms with Gasteiger partial charge in [-0.25, -0.2) is 4.79 Å². The molecular formula is C12H19NO2. The SMILES string of the molecule is C#CCC1(NC(=O)OC(C)(C)C)CCC1. The minimum absolute atomic E-state index is 0.197. The number of terminal acetylenes is 1. The zero-order chi connectivity index (χ0) is 11.5. The summed E-state index contributed by atoms with van der Waals surface area (Å²) in [5.41, 5.74) is -0.651. The van der Waals surface area contributed by atoms with Crippen molar-refractivity contribution in [1.82, 2.24) is 5.32 Å². The highest BCUT2D eigenvalue weighted by molar-refractivity contribution is 5.69. The van der Waals surface area contributed by atoms with Crippen molar-refractivity contribution >= 4 is 6.09 Å². The highest BCUT2D eigenvalue weighted by Crippen LogP contribution is 2.34. The Morgan fingerprint density at radius 2 is 2.13 bits per heavy atom. The summed E-state index contributed by atoms with van der Waals surface area (Å²) in [4.78, 5) is 11.5. The van der Waals surface area contributed by atoms with Gasteiger partial charge in [-0.2, -0.15) is 0 Å². The summed E-state index contributed by atoms with van der Waals surface area (Å²) in [6, 6.07) is 0. The Balaban J connectivity index is 2.46. The molecule has 0 atom stereocenters. The molecule has 1 rings (SSSR count). The van der Waals surface area contributed by atoms with E-state index in [1.165, 1.54) is 0 Å². The second kappa shape index (κ2) is 4.14. The predicted octanol–water partition coefficient (Wildman–Crippen LogP) is 2.46. The van der Waals surface area contributed by atoms with E-state index < -0.39 is 5.60 Å². The third kappa shape index (κ3) is 3.47. The smallest absolute Gasteiger partial charge is 0.408 e. The summed E-state index contributed by atoms with van der Waals surface area (Å²) in [6.07, 6.45) is 8.54. The van der Waals surface area contributed by atoms with E-state index >= 15 is 0 Å². The van der Waals surface area contributed by atoms with Gasteiger partial charge in [0.2, 0.25) is 0 Å². The molecule has 0 saturated heterocycles. The maximum atomic E-state index is 11.5. The number of nitrogens with one attached hydrogen (secondary N) is 1. The molecule has 0 aromatic rings. The number of hydrogen-bond acceptors (Lipinski definition) is 2. The number of alkyl carbamates (subject to hydrolysis) is 1. The molecule has 0 aromatic heterocycles. The van der Waals surface area contributed by atoms with E-state index in [0.29, 0.717) is 6.42 Å². The Hall–Kier alpha value is -1.17. The number of amides is 1. The number of rotatable bonds is 2. The van der Waals surface area contributed by atoms with Crippen LogP contribution in [-0.2, 0) is 4.74 Å². The van der Waals surface area contributed by atoms with Gasteiger partial charge < -0.3 is 10.1 Å². The fraction of sp³-hybridized carbons (Fsp3) is 0.750. The maximum absolute atomic E-state index is 11.5. The van der Waals surface area contributed by atoms with Gasteiger partial charge in [-0.1, -0.05) is 0 Å². The van der Waals surface area contributed by atoms with Gasteiger partial charge in [-0.3, -0.25) is 0 Å².